The summed E-state index contributed by atoms with van der Waals surface area (Å²) in [7, 11) is 0. The molecule has 108 valence electrons. The molecule has 0 fully saturated rings. The third kappa shape index (κ3) is 12.3. The Hall–Kier alpha value is -0.110. The molecule has 0 bridgehead atoms. The minimum absolute atomic E-state index is 0.310. The van der Waals surface area contributed by atoms with Crippen LogP contribution in [0.2, 0.25) is 0 Å². The van der Waals surface area contributed by atoms with Crippen LogP contribution in [-0.2, 0) is 4.74 Å². The van der Waals surface area contributed by atoms with E-state index >= 15 is 0 Å². The molecule has 0 aromatic heterocycles. The van der Waals surface area contributed by atoms with Crippen LogP contribution in [0.5, 0.6) is 0 Å². The smallest absolute Gasteiger partial charge is 0.160 e. The molecule has 1 nitrogen and oxygen atoms in total. The zero-order valence-corrected chi connectivity index (χ0v) is 13.5. The average Bonchev–Trinajstić information content (AvgIpc) is 2.34. The molecule has 0 heterocycles. The van der Waals surface area contributed by atoms with Crippen molar-refractivity contribution in [1.82, 2.24) is 0 Å². The predicted octanol–water partition coefficient (Wildman–Crippen LogP) is 6.05. The molecule has 0 aliphatic heterocycles. The van der Waals surface area contributed by atoms with Crippen molar-refractivity contribution in [2.24, 2.45) is 0 Å². The zero-order chi connectivity index (χ0) is 13.6. The molecule has 0 rings (SSSR count). The fraction of sp³-hybridized carbons (Fsp3) is 0.938. The predicted molar refractivity (Wildman–Crippen MR) is 85.3 cm³/mol. The molecule has 0 radical (unpaired) electrons. The minimum atomic E-state index is 0.310. The van der Waals surface area contributed by atoms with Crippen LogP contribution in [0, 0.1) is 0 Å². The largest absolute Gasteiger partial charge is 0.484 e. The first-order valence-corrected chi connectivity index (χ1v) is 8.31. The van der Waals surface area contributed by atoms with Crippen molar-refractivity contribution in [3.05, 3.63) is 0 Å². The van der Waals surface area contributed by atoms with Crippen molar-refractivity contribution in [1.29, 1.82) is 0 Å². The van der Waals surface area contributed by atoms with Gasteiger partial charge in [-0.1, -0.05) is 58.8 Å². The molecule has 1 unspecified atom stereocenters. The van der Waals surface area contributed by atoms with E-state index in [0.717, 1.165) is 17.9 Å². The van der Waals surface area contributed by atoms with Crippen LogP contribution in [0.3, 0.4) is 0 Å². The molecule has 0 saturated heterocycles. The molecule has 0 amide bonds. The molecule has 0 aliphatic rings. The topological polar surface area (TPSA) is 9.23 Å². The van der Waals surface area contributed by atoms with E-state index in [1.165, 1.54) is 57.8 Å². The summed E-state index contributed by atoms with van der Waals surface area (Å²) in [5.74, 6) is 0. The second-order valence-corrected chi connectivity index (χ2v) is 5.77. The van der Waals surface area contributed by atoms with Crippen LogP contribution in [0.1, 0.15) is 91.4 Å². The van der Waals surface area contributed by atoms with Crippen molar-refractivity contribution in [2.75, 3.05) is 0 Å². The Balaban J connectivity index is 3.35. The number of rotatable bonds is 12. The highest BCUT2D eigenvalue weighted by atomic mass is 32.1. The number of ether oxygens (including phenoxy) is 1. The van der Waals surface area contributed by atoms with Crippen LogP contribution >= 0.6 is 12.2 Å². The van der Waals surface area contributed by atoms with Crippen LogP contribution in [0.4, 0.5) is 0 Å². The van der Waals surface area contributed by atoms with E-state index in [1.807, 2.05) is 0 Å². The molecule has 0 N–H and O–H groups in total. The Labute approximate surface area is 120 Å². The molecular weight excluding hydrogens is 240 g/mol. The van der Waals surface area contributed by atoms with Gasteiger partial charge in [-0.3, -0.25) is 0 Å². The second kappa shape index (κ2) is 13.3. The lowest BCUT2D eigenvalue weighted by Crippen LogP contribution is -2.13. The van der Waals surface area contributed by atoms with Crippen molar-refractivity contribution < 1.29 is 4.74 Å². The molecule has 0 aromatic rings. The fourth-order valence-corrected chi connectivity index (χ4v) is 2.38. The van der Waals surface area contributed by atoms with Crippen LogP contribution < -0.4 is 0 Å². The summed E-state index contributed by atoms with van der Waals surface area (Å²) >= 11 is 5.26. The maximum atomic E-state index is 5.76. The number of thiocarbonyl (C=S) groups is 1. The van der Waals surface area contributed by atoms with Gasteiger partial charge in [-0.15, -0.1) is 0 Å². The summed E-state index contributed by atoms with van der Waals surface area (Å²) in [6, 6.07) is 0. The molecule has 0 aliphatic carbocycles. The summed E-state index contributed by atoms with van der Waals surface area (Å²) in [6.45, 7) is 6.62. The first-order valence-electron chi connectivity index (χ1n) is 7.90. The second-order valence-electron chi connectivity index (χ2n) is 5.31. The third-order valence-corrected chi connectivity index (χ3v) is 3.58. The molecule has 0 aromatic carbocycles. The van der Waals surface area contributed by atoms with Gasteiger partial charge in [0.1, 0.15) is 0 Å². The third-order valence-electron chi connectivity index (χ3n) is 3.28. The number of unbranched alkanes of at least 4 members (excludes halogenated alkanes) is 7. The maximum absolute atomic E-state index is 5.76. The molecule has 1 atom stereocenters. The number of hydrogen-bond donors (Lipinski definition) is 0. The van der Waals surface area contributed by atoms with Gasteiger partial charge >= 0.3 is 0 Å². The van der Waals surface area contributed by atoms with Crippen LogP contribution in [-0.4, -0.2) is 11.2 Å². The van der Waals surface area contributed by atoms with E-state index in [2.05, 4.69) is 20.8 Å². The van der Waals surface area contributed by atoms with Crippen LogP contribution in [0.25, 0.3) is 0 Å². The highest BCUT2D eigenvalue weighted by Gasteiger charge is 2.05. The van der Waals surface area contributed by atoms with Gasteiger partial charge in [0.05, 0.1) is 6.10 Å². The SMILES string of the molecule is CCCCCCCCC(C)OC(=S)CCCCC. The summed E-state index contributed by atoms with van der Waals surface area (Å²) < 4.78 is 5.76. The van der Waals surface area contributed by atoms with Crippen LogP contribution in [0.15, 0.2) is 0 Å². The van der Waals surface area contributed by atoms with Gasteiger partial charge in [0.2, 0.25) is 0 Å². The first-order chi connectivity index (χ1) is 8.70. The van der Waals surface area contributed by atoms with Crippen molar-refractivity contribution in [3.63, 3.8) is 0 Å². The normalized spacial score (nSPS) is 12.4. The van der Waals surface area contributed by atoms with Crippen molar-refractivity contribution in [3.8, 4) is 0 Å². The lowest BCUT2D eigenvalue weighted by atomic mass is 10.1. The van der Waals surface area contributed by atoms with Gasteiger partial charge in [-0.25, -0.2) is 0 Å². The minimum Gasteiger partial charge on any atom is -0.484 e. The quantitative estimate of drug-likeness (QED) is 0.316. The highest BCUT2D eigenvalue weighted by molar-refractivity contribution is 7.80. The molecule has 0 spiro atoms. The molecule has 2 heteroatoms. The van der Waals surface area contributed by atoms with Gasteiger partial charge in [0.25, 0.3) is 0 Å². The Morgan fingerprint density at radius 2 is 1.44 bits per heavy atom. The summed E-state index contributed by atoms with van der Waals surface area (Å²) in [4.78, 5) is 0. The van der Waals surface area contributed by atoms with E-state index in [4.69, 9.17) is 17.0 Å². The Morgan fingerprint density at radius 3 is 2.11 bits per heavy atom. The van der Waals surface area contributed by atoms with Gasteiger partial charge in [-0.2, -0.15) is 0 Å². The van der Waals surface area contributed by atoms with E-state index < -0.39 is 0 Å². The van der Waals surface area contributed by atoms with E-state index in [0.29, 0.717) is 6.10 Å². The monoisotopic (exact) mass is 272 g/mol. The van der Waals surface area contributed by atoms with Crippen molar-refractivity contribution >= 4 is 17.3 Å². The molecular formula is C16H32OS. The van der Waals surface area contributed by atoms with Crippen molar-refractivity contribution in [2.45, 2.75) is 97.5 Å². The van der Waals surface area contributed by atoms with Gasteiger partial charge < -0.3 is 4.74 Å². The Kier molecular flexibility index (Phi) is 13.2. The van der Waals surface area contributed by atoms with E-state index in [1.54, 1.807) is 0 Å². The summed E-state index contributed by atoms with van der Waals surface area (Å²) in [5.41, 5.74) is 0. The highest BCUT2D eigenvalue weighted by Crippen LogP contribution is 2.12. The Bertz CT molecular complexity index is 192. The summed E-state index contributed by atoms with van der Waals surface area (Å²) in [6.07, 6.45) is 14.2. The number of hydrogen-bond acceptors (Lipinski definition) is 2. The summed E-state index contributed by atoms with van der Waals surface area (Å²) in [5, 5.41) is 0.821. The fourth-order valence-electron chi connectivity index (χ4n) is 2.07. The Morgan fingerprint density at radius 1 is 0.889 bits per heavy atom. The first kappa shape index (κ1) is 17.9. The standard InChI is InChI=1S/C16H32OS/c1-4-6-8-9-10-12-13-15(3)17-16(18)14-11-7-5-2/h15H,4-14H2,1-3H3. The molecule has 18 heavy (non-hydrogen) atoms. The molecule has 0 saturated carbocycles. The van der Waals surface area contributed by atoms with Gasteiger partial charge in [0, 0.05) is 6.42 Å². The zero-order valence-electron chi connectivity index (χ0n) is 12.7. The maximum Gasteiger partial charge on any atom is 0.160 e. The van der Waals surface area contributed by atoms with Gasteiger partial charge in [0.15, 0.2) is 5.05 Å². The van der Waals surface area contributed by atoms with E-state index in [9.17, 15) is 0 Å². The lowest BCUT2D eigenvalue weighted by Gasteiger charge is -2.15. The average molecular weight is 272 g/mol. The van der Waals surface area contributed by atoms with Gasteiger partial charge in [-0.05, 0) is 38.4 Å². The lowest BCUT2D eigenvalue weighted by molar-refractivity contribution is 0.193. The van der Waals surface area contributed by atoms with E-state index in [-0.39, 0.29) is 0 Å².